The van der Waals surface area contributed by atoms with E-state index in [4.69, 9.17) is 4.42 Å². The fourth-order valence-electron chi connectivity index (χ4n) is 1.19. The van der Waals surface area contributed by atoms with E-state index in [0.29, 0.717) is 0 Å². The van der Waals surface area contributed by atoms with Gasteiger partial charge in [0.1, 0.15) is 5.76 Å². The lowest BCUT2D eigenvalue weighted by atomic mass is 10.2. The van der Waals surface area contributed by atoms with E-state index in [1.165, 1.54) is 0 Å². The molecule has 2 rings (SSSR count). The molecule has 1 aromatic heterocycles. The maximum absolute atomic E-state index is 5.05. The van der Waals surface area contributed by atoms with E-state index in [2.05, 4.69) is 23.3 Å². The highest BCUT2D eigenvalue weighted by Crippen LogP contribution is 2.14. The first-order valence-corrected chi connectivity index (χ1v) is 3.39. The van der Waals surface area contributed by atoms with Crippen molar-refractivity contribution < 1.29 is 4.42 Å². The van der Waals surface area contributed by atoms with E-state index in [1.807, 2.05) is 0 Å². The molecule has 1 aromatic rings. The third-order valence-electron chi connectivity index (χ3n) is 1.82. The van der Waals surface area contributed by atoms with Crippen molar-refractivity contribution in [1.82, 2.24) is 9.88 Å². The van der Waals surface area contributed by atoms with Crippen LogP contribution in [0.5, 0.6) is 0 Å². The molecule has 0 aromatic carbocycles. The number of nitrogens with zero attached hydrogens (tertiary/aromatic N) is 2. The van der Waals surface area contributed by atoms with Crippen molar-refractivity contribution in [2.45, 2.75) is 13.0 Å². The third kappa shape index (κ3) is 0.827. The minimum atomic E-state index is 0.881. The highest BCUT2D eigenvalue weighted by Gasteiger charge is 2.16. The predicted molar refractivity (Wildman–Crippen MR) is 35.4 cm³/mol. The minimum Gasteiger partial charge on any atom is -0.436 e. The maximum atomic E-state index is 5.05. The molecule has 1 radical (unpaired) electrons. The molecule has 2 heterocycles. The van der Waals surface area contributed by atoms with E-state index in [9.17, 15) is 0 Å². The van der Waals surface area contributed by atoms with Gasteiger partial charge < -0.3 is 4.42 Å². The molecule has 0 amide bonds. The monoisotopic (exact) mass is 137 g/mol. The molecular formula is C7H9N2O. The van der Waals surface area contributed by atoms with Crippen LogP contribution in [0.1, 0.15) is 11.5 Å². The van der Waals surface area contributed by atoms with Crippen LogP contribution in [0, 0.1) is 6.39 Å². The Labute approximate surface area is 59.7 Å². The van der Waals surface area contributed by atoms with Gasteiger partial charge in [0.15, 0.2) is 0 Å². The van der Waals surface area contributed by atoms with Crippen LogP contribution in [0.3, 0.4) is 0 Å². The van der Waals surface area contributed by atoms with Gasteiger partial charge in [0.2, 0.25) is 0 Å². The highest BCUT2D eigenvalue weighted by molar-refractivity contribution is 5.09. The Morgan fingerprint density at radius 2 is 2.60 bits per heavy atom. The summed E-state index contributed by atoms with van der Waals surface area (Å²) in [4.78, 5) is 6.18. The number of hydrogen-bond acceptors (Lipinski definition) is 3. The molecule has 10 heavy (non-hydrogen) atoms. The third-order valence-corrected chi connectivity index (χ3v) is 1.82. The van der Waals surface area contributed by atoms with Crippen LogP contribution in [0.4, 0.5) is 0 Å². The Morgan fingerprint density at radius 1 is 1.70 bits per heavy atom. The van der Waals surface area contributed by atoms with Gasteiger partial charge in [0.25, 0.3) is 6.39 Å². The lowest BCUT2D eigenvalue weighted by molar-refractivity contribution is 0.276. The Bertz CT molecular complexity index is 231. The summed E-state index contributed by atoms with van der Waals surface area (Å²) in [5.41, 5.74) is 1.08. The lowest BCUT2D eigenvalue weighted by Gasteiger charge is -2.19. The summed E-state index contributed by atoms with van der Waals surface area (Å²) >= 11 is 0. The zero-order valence-electron chi connectivity index (χ0n) is 5.92. The smallest absolute Gasteiger partial charge is 0.284 e. The van der Waals surface area contributed by atoms with E-state index >= 15 is 0 Å². The first-order valence-electron chi connectivity index (χ1n) is 3.39. The van der Waals surface area contributed by atoms with E-state index in [1.54, 1.807) is 0 Å². The maximum Gasteiger partial charge on any atom is 0.284 e. The van der Waals surface area contributed by atoms with Crippen molar-refractivity contribution in [1.29, 1.82) is 0 Å². The van der Waals surface area contributed by atoms with Gasteiger partial charge >= 0.3 is 0 Å². The molecule has 1 aliphatic heterocycles. The Balaban J connectivity index is 2.30. The van der Waals surface area contributed by atoms with Gasteiger partial charge in [0, 0.05) is 13.0 Å². The van der Waals surface area contributed by atoms with Crippen LogP contribution in [-0.2, 0) is 13.0 Å². The molecule has 53 valence electrons. The molecule has 0 atom stereocenters. The van der Waals surface area contributed by atoms with Gasteiger partial charge in [0.05, 0.1) is 12.2 Å². The average molecular weight is 137 g/mol. The SMILES string of the molecule is CN1CCc2n[c]oc2C1. The number of rotatable bonds is 0. The number of aromatic nitrogens is 1. The van der Waals surface area contributed by atoms with Crippen molar-refractivity contribution >= 4 is 0 Å². The second-order valence-corrected chi connectivity index (χ2v) is 2.66. The second-order valence-electron chi connectivity index (χ2n) is 2.66. The van der Waals surface area contributed by atoms with E-state index < -0.39 is 0 Å². The molecule has 0 spiro atoms. The molecule has 0 aliphatic carbocycles. The summed E-state index contributed by atoms with van der Waals surface area (Å²) < 4.78 is 5.05. The quantitative estimate of drug-likeness (QED) is 0.520. The number of fused-ring (bicyclic) bond motifs is 1. The topological polar surface area (TPSA) is 29.3 Å². The molecular weight excluding hydrogens is 128 g/mol. The Hall–Kier alpha value is -0.830. The zero-order chi connectivity index (χ0) is 6.97. The normalized spacial score (nSPS) is 18.9. The molecule has 0 N–H and O–H groups in total. The fraction of sp³-hybridized carbons (Fsp3) is 0.571. The fourth-order valence-corrected chi connectivity index (χ4v) is 1.19. The van der Waals surface area contributed by atoms with Gasteiger partial charge in [-0.15, -0.1) is 0 Å². The Morgan fingerprint density at radius 3 is 3.50 bits per heavy atom. The molecule has 0 fully saturated rings. The second kappa shape index (κ2) is 2.09. The standard InChI is InChI=1S/C7H9N2O/c1-9-3-2-6-7(4-9)10-5-8-6/h2-4H2,1H3. The van der Waals surface area contributed by atoms with Crippen LogP contribution < -0.4 is 0 Å². The summed E-state index contributed by atoms with van der Waals surface area (Å²) in [6.45, 7) is 1.96. The van der Waals surface area contributed by atoms with E-state index in [0.717, 1.165) is 31.0 Å². The summed E-state index contributed by atoms with van der Waals surface area (Å²) in [6, 6.07) is 0. The Kier molecular flexibility index (Phi) is 1.24. The predicted octanol–water partition coefficient (Wildman–Crippen LogP) is 0.463. The van der Waals surface area contributed by atoms with Crippen molar-refractivity contribution in [2.24, 2.45) is 0 Å². The molecule has 0 saturated heterocycles. The van der Waals surface area contributed by atoms with Crippen molar-refractivity contribution in [3.8, 4) is 0 Å². The number of likely N-dealkylation sites (N-methyl/N-ethyl adjacent to an activating group) is 1. The minimum absolute atomic E-state index is 0.881. The van der Waals surface area contributed by atoms with Crippen LogP contribution >= 0.6 is 0 Å². The van der Waals surface area contributed by atoms with Gasteiger partial charge in [-0.2, -0.15) is 0 Å². The zero-order valence-corrected chi connectivity index (χ0v) is 5.92. The van der Waals surface area contributed by atoms with Gasteiger partial charge in [-0.25, -0.2) is 4.98 Å². The average Bonchev–Trinajstić information content (AvgIpc) is 2.33. The summed E-state index contributed by atoms with van der Waals surface area (Å²) in [5.74, 6) is 0.980. The van der Waals surface area contributed by atoms with Crippen molar-refractivity contribution in [3.63, 3.8) is 0 Å². The molecule has 3 nitrogen and oxygen atoms in total. The first-order chi connectivity index (χ1) is 4.86. The molecule has 0 bridgehead atoms. The summed E-state index contributed by atoms with van der Waals surface area (Å²) in [6.07, 6.45) is 3.51. The number of oxazole rings is 1. The van der Waals surface area contributed by atoms with Crippen LogP contribution in [0.15, 0.2) is 4.42 Å². The van der Waals surface area contributed by atoms with E-state index in [-0.39, 0.29) is 0 Å². The molecule has 0 saturated carbocycles. The lowest BCUT2D eigenvalue weighted by Crippen LogP contribution is -2.25. The van der Waals surface area contributed by atoms with Gasteiger partial charge in [-0.3, -0.25) is 4.90 Å². The summed E-state index contributed by atoms with van der Waals surface area (Å²) in [7, 11) is 2.07. The number of hydrogen-bond donors (Lipinski definition) is 0. The van der Waals surface area contributed by atoms with Crippen molar-refractivity contribution in [2.75, 3.05) is 13.6 Å². The van der Waals surface area contributed by atoms with Crippen LogP contribution in [-0.4, -0.2) is 23.5 Å². The van der Waals surface area contributed by atoms with Gasteiger partial charge in [-0.1, -0.05) is 0 Å². The molecule has 3 heteroatoms. The van der Waals surface area contributed by atoms with Crippen molar-refractivity contribution in [3.05, 3.63) is 17.8 Å². The molecule has 1 aliphatic rings. The van der Waals surface area contributed by atoms with Gasteiger partial charge in [-0.05, 0) is 7.05 Å². The van der Waals surface area contributed by atoms with Crippen LogP contribution in [0.25, 0.3) is 0 Å². The van der Waals surface area contributed by atoms with Crippen LogP contribution in [0.2, 0.25) is 0 Å². The molecule has 0 unspecified atom stereocenters. The largest absolute Gasteiger partial charge is 0.436 e. The highest BCUT2D eigenvalue weighted by atomic mass is 16.3. The first kappa shape index (κ1) is 5.92. The summed E-state index contributed by atoms with van der Waals surface area (Å²) in [5, 5.41) is 0.